The average Bonchev–Trinajstić information content (AvgIpc) is 2.83. The van der Waals surface area contributed by atoms with Crippen molar-refractivity contribution in [2.24, 2.45) is 12.5 Å². The number of nitrogens with one attached hydrogen (secondary N) is 1. The maximum atomic E-state index is 9.67. The molecule has 2 N–H and O–H groups in total. The lowest BCUT2D eigenvalue weighted by atomic mass is 9.74. The van der Waals surface area contributed by atoms with E-state index in [-0.39, 0.29) is 18.1 Å². The van der Waals surface area contributed by atoms with Gasteiger partial charge in [-0.3, -0.25) is 0 Å². The van der Waals surface area contributed by atoms with Crippen molar-refractivity contribution in [1.29, 1.82) is 0 Å². The molecule has 1 aliphatic carbocycles. The molecule has 1 saturated carbocycles. The topological polar surface area (TPSA) is 63.0 Å². The van der Waals surface area contributed by atoms with Gasteiger partial charge in [-0.05, 0) is 19.8 Å². The molecule has 0 radical (unpaired) electrons. The number of nitrogens with zero attached hydrogens (tertiary/aromatic N) is 3. The molecule has 1 heterocycles. The fourth-order valence-electron chi connectivity index (χ4n) is 2.84. The van der Waals surface area contributed by atoms with Crippen LogP contribution in [-0.2, 0) is 7.05 Å². The monoisotopic (exact) mass is 252 g/mol. The molecule has 5 heteroatoms. The molecule has 0 aliphatic heterocycles. The van der Waals surface area contributed by atoms with Crippen molar-refractivity contribution in [1.82, 2.24) is 20.1 Å². The summed E-state index contributed by atoms with van der Waals surface area (Å²) in [6, 6.07) is 0.169. The van der Waals surface area contributed by atoms with E-state index in [2.05, 4.69) is 22.4 Å². The first-order chi connectivity index (χ1) is 8.67. The summed E-state index contributed by atoms with van der Waals surface area (Å²) < 4.78 is 1.93. The Morgan fingerprint density at radius 2 is 2.17 bits per heavy atom. The molecule has 1 atom stereocenters. The van der Waals surface area contributed by atoms with E-state index in [1.165, 1.54) is 19.3 Å². The van der Waals surface area contributed by atoms with Gasteiger partial charge in [0.1, 0.15) is 12.2 Å². The van der Waals surface area contributed by atoms with E-state index >= 15 is 0 Å². The van der Waals surface area contributed by atoms with Crippen LogP contribution in [0.4, 0.5) is 0 Å². The molecule has 0 aromatic carbocycles. The highest BCUT2D eigenvalue weighted by Gasteiger charge is 2.31. The first-order valence-corrected chi connectivity index (χ1v) is 6.85. The molecule has 1 aliphatic rings. The van der Waals surface area contributed by atoms with E-state index in [4.69, 9.17) is 0 Å². The Bertz CT molecular complexity index is 371. The summed E-state index contributed by atoms with van der Waals surface area (Å²) in [4.78, 5) is 0. The molecule has 18 heavy (non-hydrogen) atoms. The van der Waals surface area contributed by atoms with Gasteiger partial charge in [0.05, 0.1) is 6.04 Å². The van der Waals surface area contributed by atoms with Crippen LogP contribution < -0.4 is 5.32 Å². The lowest BCUT2D eigenvalue weighted by molar-refractivity contribution is 0.0785. The third kappa shape index (κ3) is 2.90. The highest BCUT2D eigenvalue weighted by molar-refractivity contribution is 4.94. The van der Waals surface area contributed by atoms with Gasteiger partial charge in [0.25, 0.3) is 0 Å². The Balaban J connectivity index is 1.92. The highest BCUT2D eigenvalue weighted by Crippen LogP contribution is 2.35. The minimum absolute atomic E-state index is 0.0745. The summed E-state index contributed by atoms with van der Waals surface area (Å²) in [6.45, 7) is 3.24. The smallest absolute Gasteiger partial charge is 0.149 e. The third-order valence-corrected chi connectivity index (χ3v) is 4.17. The molecular formula is C13H24N4O. The van der Waals surface area contributed by atoms with E-state index in [1.807, 2.05) is 11.6 Å². The SMILES string of the molecule is CC(NCC1(CO)CCCCC1)c1nncn1C. The van der Waals surface area contributed by atoms with Crippen LogP contribution in [0.1, 0.15) is 50.9 Å². The van der Waals surface area contributed by atoms with Crippen molar-refractivity contribution in [2.45, 2.75) is 45.1 Å². The first-order valence-electron chi connectivity index (χ1n) is 6.85. The summed E-state index contributed by atoms with van der Waals surface area (Å²) in [6.07, 6.45) is 7.75. The quantitative estimate of drug-likeness (QED) is 0.831. The maximum Gasteiger partial charge on any atom is 0.149 e. The van der Waals surface area contributed by atoms with Gasteiger partial charge in [-0.2, -0.15) is 0 Å². The third-order valence-electron chi connectivity index (χ3n) is 4.17. The lowest BCUT2D eigenvalue weighted by Crippen LogP contribution is -2.40. The maximum absolute atomic E-state index is 9.67. The first kappa shape index (κ1) is 13.5. The fourth-order valence-corrected chi connectivity index (χ4v) is 2.84. The standard InChI is InChI=1S/C13H24N4O/c1-11(12-16-15-10-17(12)2)14-8-13(9-18)6-4-3-5-7-13/h10-11,14,18H,3-9H2,1-2H3. The van der Waals surface area contributed by atoms with E-state index in [0.717, 1.165) is 25.2 Å². The van der Waals surface area contributed by atoms with Crippen molar-refractivity contribution < 1.29 is 5.11 Å². The van der Waals surface area contributed by atoms with Crippen molar-refractivity contribution in [3.05, 3.63) is 12.2 Å². The van der Waals surface area contributed by atoms with Crippen LogP contribution in [-0.4, -0.2) is 33.0 Å². The number of aromatic nitrogens is 3. The molecule has 0 amide bonds. The number of aliphatic hydroxyl groups excluding tert-OH is 1. The summed E-state index contributed by atoms with van der Waals surface area (Å²) in [5.41, 5.74) is 0.0745. The molecule has 5 nitrogen and oxygen atoms in total. The van der Waals surface area contributed by atoms with Crippen LogP contribution in [0.3, 0.4) is 0 Å². The number of aryl methyl sites for hydroxylation is 1. The average molecular weight is 252 g/mol. The molecule has 1 unspecified atom stereocenters. The Morgan fingerprint density at radius 3 is 2.72 bits per heavy atom. The van der Waals surface area contributed by atoms with Crippen LogP contribution in [0.15, 0.2) is 6.33 Å². The summed E-state index contributed by atoms with van der Waals surface area (Å²) in [7, 11) is 1.95. The molecule has 0 bridgehead atoms. The fraction of sp³-hybridized carbons (Fsp3) is 0.846. The van der Waals surface area contributed by atoms with Crippen LogP contribution in [0.5, 0.6) is 0 Å². The van der Waals surface area contributed by atoms with E-state index in [0.29, 0.717) is 0 Å². The summed E-state index contributed by atoms with van der Waals surface area (Å²) in [5.74, 6) is 0.943. The molecule has 1 aromatic heterocycles. The number of hydrogen-bond donors (Lipinski definition) is 2. The highest BCUT2D eigenvalue weighted by atomic mass is 16.3. The van der Waals surface area contributed by atoms with Crippen molar-refractivity contribution in [3.8, 4) is 0 Å². The summed E-state index contributed by atoms with van der Waals surface area (Å²) >= 11 is 0. The second-order valence-electron chi connectivity index (χ2n) is 5.62. The normalized spacial score (nSPS) is 20.8. The van der Waals surface area contributed by atoms with Gasteiger partial charge in [0.15, 0.2) is 0 Å². The lowest BCUT2D eigenvalue weighted by Gasteiger charge is -2.36. The zero-order valence-corrected chi connectivity index (χ0v) is 11.4. The molecule has 102 valence electrons. The number of aliphatic hydroxyl groups is 1. The predicted molar refractivity (Wildman–Crippen MR) is 70.0 cm³/mol. The second kappa shape index (κ2) is 5.80. The number of hydrogen-bond acceptors (Lipinski definition) is 4. The Hall–Kier alpha value is -0.940. The Morgan fingerprint density at radius 1 is 1.44 bits per heavy atom. The molecular weight excluding hydrogens is 228 g/mol. The molecule has 1 aromatic rings. The Kier molecular flexibility index (Phi) is 4.35. The van der Waals surface area contributed by atoms with Gasteiger partial charge < -0.3 is 15.0 Å². The van der Waals surface area contributed by atoms with Gasteiger partial charge in [-0.25, -0.2) is 0 Å². The zero-order chi connectivity index (χ0) is 13.0. The van der Waals surface area contributed by atoms with Gasteiger partial charge in [0.2, 0.25) is 0 Å². The van der Waals surface area contributed by atoms with Crippen LogP contribution in [0.25, 0.3) is 0 Å². The molecule has 1 fully saturated rings. The number of rotatable bonds is 5. The molecule has 0 spiro atoms. The van der Waals surface area contributed by atoms with Gasteiger partial charge in [-0.1, -0.05) is 19.3 Å². The van der Waals surface area contributed by atoms with Gasteiger partial charge >= 0.3 is 0 Å². The Labute approximate surface area is 109 Å². The summed E-state index contributed by atoms with van der Waals surface area (Å²) in [5, 5.41) is 21.2. The second-order valence-corrected chi connectivity index (χ2v) is 5.62. The van der Waals surface area contributed by atoms with Crippen molar-refractivity contribution >= 4 is 0 Å². The molecule has 0 saturated heterocycles. The van der Waals surface area contributed by atoms with Crippen LogP contribution >= 0.6 is 0 Å². The van der Waals surface area contributed by atoms with Gasteiger partial charge in [-0.15, -0.1) is 10.2 Å². The van der Waals surface area contributed by atoms with E-state index in [1.54, 1.807) is 6.33 Å². The van der Waals surface area contributed by atoms with Crippen molar-refractivity contribution in [2.75, 3.05) is 13.2 Å². The van der Waals surface area contributed by atoms with E-state index in [9.17, 15) is 5.11 Å². The van der Waals surface area contributed by atoms with E-state index < -0.39 is 0 Å². The van der Waals surface area contributed by atoms with Gasteiger partial charge in [0, 0.05) is 25.6 Å². The van der Waals surface area contributed by atoms with Crippen molar-refractivity contribution in [3.63, 3.8) is 0 Å². The minimum atomic E-state index is 0.0745. The van der Waals surface area contributed by atoms with Crippen LogP contribution in [0.2, 0.25) is 0 Å². The largest absolute Gasteiger partial charge is 0.396 e. The van der Waals surface area contributed by atoms with Crippen LogP contribution in [0, 0.1) is 5.41 Å². The zero-order valence-electron chi connectivity index (χ0n) is 11.4. The minimum Gasteiger partial charge on any atom is -0.396 e. The molecule has 2 rings (SSSR count). The predicted octanol–water partition coefficient (Wildman–Crippen LogP) is 1.41.